The molecule has 1 aromatic rings. The van der Waals surface area contributed by atoms with Crippen LogP contribution in [0.4, 0.5) is 11.4 Å². The SMILES string of the molecule is Cc1cc(N2CCCC2)ccc1NS(=O)(=O)CC(=O)O. The predicted octanol–water partition coefficient (Wildman–Crippen LogP) is 1.42. The van der Waals surface area contributed by atoms with Crippen molar-refractivity contribution in [2.45, 2.75) is 19.8 Å². The smallest absolute Gasteiger partial charge is 0.320 e. The summed E-state index contributed by atoms with van der Waals surface area (Å²) in [5.41, 5.74) is 2.28. The maximum Gasteiger partial charge on any atom is 0.320 e. The first-order valence-corrected chi connectivity index (χ1v) is 8.10. The monoisotopic (exact) mass is 298 g/mol. The molecule has 1 aliphatic rings. The number of carboxylic acids is 1. The fourth-order valence-corrected chi connectivity index (χ4v) is 3.26. The lowest BCUT2D eigenvalue weighted by molar-refractivity contribution is -0.134. The number of rotatable bonds is 5. The van der Waals surface area contributed by atoms with Crippen molar-refractivity contribution in [2.24, 2.45) is 0 Å². The van der Waals surface area contributed by atoms with E-state index < -0.39 is 21.7 Å². The maximum atomic E-state index is 11.6. The Hall–Kier alpha value is -1.76. The largest absolute Gasteiger partial charge is 0.480 e. The first kappa shape index (κ1) is 14.6. The highest BCUT2D eigenvalue weighted by Crippen LogP contribution is 2.26. The molecule has 2 N–H and O–H groups in total. The van der Waals surface area contributed by atoms with E-state index in [-0.39, 0.29) is 0 Å². The Balaban J connectivity index is 2.15. The molecule has 110 valence electrons. The van der Waals surface area contributed by atoms with Crippen LogP contribution in [-0.4, -0.2) is 38.3 Å². The van der Waals surface area contributed by atoms with Gasteiger partial charge in [0.2, 0.25) is 10.0 Å². The Morgan fingerprint density at radius 3 is 2.55 bits per heavy atom. The third-order valence-electron chi connectivity index (χ3n) is 3.26. The Labute approximate surface area is 118 Å². The summed E-state index contributed by atoms with van der Waals surface area (Å²) < 4.78 is 25.5. The normalized spacial score (nSPS) is 15.3. The van der Waals surface area contributed by atoms with Crippen molar-refractivity contribution in [3.05, 3.63) is 23.8 Å². The minimum Gasteiger partial charge on any atom is -0.480 e. The molecule has 0 aliphatic carbocycles. The van der Waals surface area contributed by atoms with Crippen LogP contribution in [0.25, 0.3) is 0 Å². The van der Waals surface area contributed by atoms with Gasteiger partial charge in [0.15, 0.2) is 5.75 Å². The van der Waals surface area contributed by atoms with Crippen LogP contribution in [-0.2, 0) is 14.8 Å². The molecule has 0 radical (unpaired) electrons. The van der Waals surface area contributed by atoms with Gasteiger partial charge in [-0.2, -0.15) is 0 Å². The lowest BCUT2D eigenvalue weighted by atomic mass is 10.2. The molecular formula is C13H18N2O4S. The summed E-state index contributed by atoms with van der Waals surface area (Å²) >= 11 is 0. The number of carbonyl (C=O) groups is 1. The van der Waals surface area contributed by atoms with Gasteiger partial charge in [-0.15, -0.1) is 0 Å². The topological polar surface area (TPSA) is 86.7 Å². The third-order valence-corrected chi connectivity index (χ3v) is 4.42. The van der Waals surface area contributed by atoms with E-state index >= 15 is 0 Å². The highest BCUT2D eigenvalue weighted by molar-refractivity contribution is 7.93. The van der Waals surface area contributed by atoms with Gasteiger partial charge in [-0.1, -0.05) is 0 Å². The standard InChI is InChI=1S/C13H18N2O4S/c1-10-8-11(15-6-2-3-7-15)4-5-12(10)14-20(18,19)9-13(16)17/h4-5,8,14H,2-3,6-7,9H2,1H3,(H,16,17). The number of carboxylic acid groups (broad SMARTS) is 1. The second-order valence-corrected chi connectivity index (χ2v) is 6.67. The maximum absolute atomic E-state index is 11.6. The van der Waals surface area contributed by atoms with Crippen molar-refractivity contribution in [2.75, 3.05) is 28.5 Å². The second-order valence-electron chi connectivity index (χ2n) is 4.95. The van der Waals surface area contributed by atoms with Crippen LogP contribution >= 0.6 is 0 Å². The molecule has 7 heteroatoms. The highest BCUT2D eigenvalue weighted by atomic mass is 32.2. The van der Waals surface area contributed by atoms with Gasteiger partial charge in [0, 0.05) is 18.8 Å². The molecule has 1 saturated heterocycles. The molecule has 1 heterocycles. The number of benzene rings is 1. The van der Waals surface area contributed by atoms with Crippen molar-refractivity contribution in [3.63, 3.8) is 0 Å². The molecule has 0 spiro atoms. The van der Waals surface area contributed by atoms with Crippen LogP contribution in [0.1, 0.15) is 18.4 Å². The summed E-state index contributed by atoms with van der Waals surface area (Å²) in [6.45, 7) is 3.84. The zero-order valence-electron chi connectivity index (χ0n) is 11.3. The fraction of sp³-hybridized carbons (Fsp3) is 0.462. The van der Waals surface area contributed by atoms with E-state index in [1.165, 1.54) is 12.8 Å². The van der Waals surface area contributed by atoms with Gasteiger partial charge in [-0.25, -0.2) is 8.42 Å². The van der Waals surface area contributed by atoms with E-state index in [2.05, 4.69) is 9.62 Å². The van der Waals surface area contributed by atoms with Crippen molar-refractivity contribution in [1.82, 2.24) is 0 Å². The van der Waals surface area contributed by atoms with Crippen LogP contribution < -0.4 is 9.62 Å². The molecule has 0 atom stereocenters. The van der Waals surface area contributed by atoms with Crippen LogP contribution in [0.5, 0.6) is 0 Å². The van der Waals surface area contributed by atoms with Gasteiger partial charge in [-0.3, -0.25) is 9.52 Å². The van der Waals surface area contributed by atoms with Crippen molar-refractivity contribution >= 4 is 27.4 Å². The molecule has 0 aromatic heterocycles. The summed E-state index contributed by atoms with van der Waals surface area (Å²) in [5, 5.41) is 8.56. The first-order chi connectivity index (χ1) is 9.37. The molecule has 1 aromatic carbocycles. The van der Waals surface area contributed by atoms with Gasteiger partial charge in [-0.05, 0) is 43.5 Å². The molecule has 6 nitrogen and oxygen atoms in total. The van der Waals surface area contributed by atoms with E-state index in [1.54, 1.807) is 13.0 Å². The van der Waals surface area contributed by atoms with Crippen LogP contribution in [0.15, 0.2) is 18.2 Å². The van der Waals surface area contributed by atoms with Gasteiger partial charge in [0.05, 0.1) is 5.69 Å². The molecular weight excluding hydrogens is 280 g/mol. The van der Waals surface area contributed by atoms with E-state index in [0.29, 0.717) is 5.69 Å². The molecule has 0 saturated carbocycles. The highest BCUT2D eigenvalue weighted by Gasteiger charge is 2.18. The second kappa shape index (κ2) is 5.70. The first-order valence-electron chi connectivity index (χ1n) is 6.45. The molecule has 20 heavy (non-hydrogen) atoms. The summed E-state index contributed by atoms with van der Waals surface area (Å²) in [7, 11) is -3.85. The van der Waals surface area contributed by atoms with Crippen LogP contribution in [0.3, 0.4) is 0 Å². The lowest BCUT2D eigenvalue weighted by Gasteiger charge is -2.19. The van der Waals surface area contributed by atoms with E-state index in [4.69, 9.17) is 5.11 Å². The predicted molar refractivity (Wildman–Crippen MR) is 77.7 cm³/mol. The number of nitrogens with one attached hydrogen (secondary N) is 1. The van der Waals surface area contributed by atoms with Gasteiger partial charge < -0.3 is 10.0 Å². The zero-order chi connectivity index (χ0) is 14.8. The Kier molecular flexibility index (Phi) is 4.17. The lowest BCUT2D eigenvalue weighted by Crippen LogP contribution is -2.23. The number of aryl methyl sites for hydroxylation is 1. The Morgan fingerprint density at radius 2 is 2.00 bits per heavy atom. The van der Waals surface area contributed by atoms with Crippen LogP contribution in [0.2, 0.25) is 0 Å². The number of hydrogen-bond donors (Lipinski definition) is 2. The molecule has 0 bridgehead atoms. The van der Waals surface area contributed by atoms with Gasteiger partial charge in [0.1, 0.15) is 0 Å². The minimum absolute atomic E-state index is 0.425. The number of sulfonamides is 1. The van der Waals surface area contributed by atoms with Crippen molar-refractivity contribution in [3.8, 4) is 0 Å². The summed E-state index contributed by atoms with van der Waals surface area (Å²) in [6, 6.07) is 5.46. The summed E-state index contributed by atoms with van der Waals surface area (Å²) in [4.78, 5) is 12.7. The summed E-state index contributed by atoms with van der Waals surface area (Å²) in [6.07, 6.45) is 2.35. The quantitative estimate of drug-likeness (QED) is 0.858. The number of hydrogen-bond acceptors (Lipinski definition) is 4. The number of nitrogens with zero attached hydrogens (tertiary/aromatic N) is 1. The Bertz CT molecular complexity index is 607. The van der Waals surface area contributed by atoms with Crippen molar-refractivity contribution < 1.29 is 18.3 Å². The van der Waals surface area contributed by atoms with E-state index in [1.807, 2.05) is 12.1 Å². The average Bonchev–Trinajstić information content (AvgIpc) is 2.83. The minimum atomic E-state index is -3.85. The molecule has 1 aliphatic heterocycles. The van der Waals surface area contributed by atoms with E-state index in [9.17, 15) is 13.2 Å². The molecule has 0 unspecified atom stereocenters. The zero-order valence-corrected chi connectivity index (χ0v) is 12.1. The van der Waals surface area contributed by atoms with Gasteiger partial charge >= 0.3 is 5.97 Å². The summed E-state index contributed by atoms with van der Waals surface area (Å²) in [5.74, 6) is -2.30. The van der Waals surface area contributed by atoms with Crippen LogP contribution in [0, 0.1) is 6.92 Å². The molecule has 0 amide bonds. The average molecular weight is 298 g/mol. The molecule has 2 rings (SSSR count). The number of anilines is 2. The van der Waals surface area contributed by atoms with E-state index in [0.717, 1.165) is 24.3 Å². The van der Waals surface area contributed by atoms with Crippen molar-refractivity contribution in [1.29, 1.82) is 0 Å². The Morgan fingerprint density at radius 1 is 1.35 bits per heavy atom. The number of aliphatic carboxylic acids is 1. The fourth-order valence-electron chi connectivity index (χ4n) is 2.30. The van der Waals surface area contributed by atoms with Gasteiger partial charge in [0.25, 0.3) is 0 Å². The molecule has 1 fully saturated rings. The third kappa shape index (κ3) is 3.63.